The third kappa shape index (κ3) is 3.21. The van der Waals surface area contributed by atoms with Crippen LogP contribution < -0.4 is 9.64 Å². The minimum absolute atomic E-state index is 0.103. The van der Waals surface area contributed by atoms with Gasteiger partial charge in [-0.25, -0.2) is 0 Å². The van der Waals surface area contributed by atoms with Gasteiger partial charge in [-0.15, -0.1) is 0 Å². The minimum atomic E-state index is -0.103. The largest absolute Gasteiger partial charge is 0.495 e. The van der Waals surface area contributed by atoms with E-state index in [1.807, 2.05) is 0 Å². The zero-order valence-electron chi connectivity index (χ0n) is 12.2. The molecule has 1 aromatic rings. The van der Waals surface area contributed by atoms with Crippen LogP contribution in [0.3, 0.4) is 0 Å². The topological polar surface area (TPSA) is 32.7 Å². The lowest BCUT2D eigenvalue weighted by Gasteiger charge is -2.35. The van der Waals surface area contributed by atoms with Gasteiger partial charge in [0.1, 0.15) is 5.75 Å². The van der Waals surface area contributed by atoms with Gasteiger partial charge in [0, 0.05) is 13.1 Å². The summed E-state index contributed by atoms with van der Waals surface area (Å²) >= 11 is 0. The molecule has 2 rings (SSSR count). The van der Waals surface area contributed by atoms with Crippen LogP contribution >= 0.6 is 0 Å². The molecule has 0 unspecified atom stereocenters. The Morgan fingerprint density at radius 2 is 1.95 bits per heavy atom. The number of hydrogen-bond donors (Lipinski definition) is 1. The van der Waals surface area contributed by atoms with Crippen molar-refractivity contribution in [2.75, 3.05) is 19.1 Å². The maximum atomic E-state index is 9.62. The number of nitrogens with zero attached hydrogens (tertiary/aromatic N) is 1. The summed E-state index contributed by atoms with van der Waals surface area (Å²) in [6.07, 6.45) is 4.85. The highest BCUT2D eigenvalue weighted by Gasteiger charge is 2.24. The van der Waals surface area contributed by atoms with E-state index in [0.717, 1.165) is 37.9 Å². The summed E-state index contributed by atoms with van der Waals surface area (Å²) in [6, 6.07) is 6.91. The first-order chi connectivity index (χ1) is 9.15. The monoisotopic (exact) mass is 263 g/mol. The van der Waals surface area contributed by atoms with E-state index in [1.54, 1.807) is 7.11 Å². The average molecular weight is 263 g/mol. The predicted molar refractivity (Wildman–Crippen MR) is 79.0 cm³/mol. The van der Waals surface area contributed by atoms with Crippen molar-refractivity contribution >= 4 is 5.69 Å². The molecule has 0 heterocycles. The van der Waals surface area contributed by atoms with Crippen molar-refractivity contribution in [2.45, 2.75) is 51.2 Å². The second kappa shape index (κ2) is 6.29. The lowest BCUT2D eigenvalue weighted by Crippen LogP contribution is -2.36. The van der Waals surface area contributed by atoms with Crippen LogP contribution in [0.25, 0.3) is 0 Å². The van der Waals surface area contributed by atoms with Crippen LogP contribution in [0.4, 0.5) is 5.69 Å². The molecule has 0 bridgehead atoms. The SMILES string of the molecule is CCc1ccc(OC)c(N(C)C2CCC(O)CC2)c1. The van der Waals surface area contributed by atoms with Crippen LogP contribution in [0.1, 0.15) is 38.2 Å². The summed E-state index contributed by atoms with van der Waals surface area (Å²) in [5, 5.41) is 9.62. The smallest absolute Gasteiger partial charge is 0.142 e. The number of rotatable bonds is 4. The number of methoxy groups -OCH3 is 1. The minimum Gasteiger partial charge on any atom is -0.495 e. The normalized spacial score (nSPS) is 23.2. The lowest BCUT2D eigenvalue weighted by atomic mass is 9.92. The van der Waals surface area contributed by atoms with Crippen molar-refractivity contribution in [3.63, 3.8) is 0 Å². The maximum Gasteiger partial charge on any atom is 0.142 e. The molecule has 1 aliphatic rings. The molecule has 0 radical (unpaired) electrons. The second-order valence-electron chi connectivity index (χ2n) is 5.43. The fourth-order valence-electron chi connectivity index (χ4n) is 2.87. The van der Waals surface area contributed by atoms with Crippen LogP contribution in [0.2, 0.25) is 0 Å². The van der Waals surface area contributed by atoms with Gasteiger partial charge in [0.05, 0.1) is 18.9 Å². The van der Waals surface area contributed by atoms with Crippen molar-refractivity contribution in [1.29, 1.82) is 0 Å². The van der Waals surface area contributed by atoms with Crippen molar-refractivity contribution in [3.05, 3.63) is 23.8 Å². The third-order valence-electron chi connectivity index (χ3n) is 4.25. The molecule has 1 aromatic carbocycles. The number of aliphatic hydroxyl groups excluding tert-OH is 1. The van der Waals surface area contributed by atoms with E-state index in [4.69, 9.17) is 4.74 Å². The molecule has 0 aromatic heterocycles. The van der Waals surface area contributed by atoms with Gasteiger partial charge >= 0.3 is 0 Å². The molecule has 1 N–H and O–H groups in total. The molecular formula is C16H25NO2. The number of anilines is 1. The van der Waals surface area contributed by atoms with Gasteiger partial charge < -0.3 is 14.7 Å². The molecule has 0 aliphatic heterocycles. The van der Waals surface area contributed by atoms with Crippen LogP contribution in [-0.4, -0.2) is 31.4 Å². The van der Waals surface area contributed by atoms with E-state index in [1.165, 1.54) is 11.3 Å². The van der Waals surface area contributed by atoms with Gasteiger partial charge in [0.2, 0.25) is 0 Å². The van der Waals surface area contributed by atoms with Crippen LogP contribution in [0.5, 0.6) is 5.75 Å². The summed E-state index contributed by atoms with van der Waals surface area (Å²) in [5.41, 5.74) is 2.50. The molecule has 0 amide bonds. The number of aliphatic hydroxyl groups is 1. The Morgan fingerprint density at radius 1 is 1.26 bits per heavy atom. The quantitative estimate of drug-likeness (QED) is 0.906. The Bertz CT molecular complexity index is 411. The Labute approximate surface area is 116 Å². The lowest BCUT2D eigenvalue weighted by molar-refractivity contribution is 0.122. The van der Waals surface area contributed by atoms with Gasteiger partial charge in [-0.1, -0.05) is 13.0 Å². The van der Waals surface area contributed by atoms with Crippen molar-refractivity contribution < 1.29 is 9.84 Å². The Kier molecular flexibility index (Phi) is 4.70. The molecular weight excluding hydrogens is 238 g/mol. The summed E-state index contributed by atoms with van der Waals surface area (Å²) in [7, 11) is 3.86. The van der Waals surface area contributed by atoms with Crippen LogP contribution in [-0.2, 0) is 6.42 Å². The fourth-order valence-corrected chi connectivity index (χ4v) is 2.87. The summed E-state index contributed by atoms with van der Waals surface area (Å²) in [4.78, 5) is 2.32. The van der Waals surface area contributed by atoms with Gasteiger partial charge in [0.25, 0.3) is 0 Å². The first-order valence-electron chi connectivity index (χ1n) is 7.23. The number of hydrogen-bond acceptors (Lipinski definition) is 3. The molecule has 106 valence electrons. The van der Waals surface area contributed by atoms with Gasteiger partial charge in [-0.2, -0.15) is 0 Å². The van der Waals surface area contributed by atoms with Crippen molar-refractivity contribution in [1.82, 2.24) is 0 Å². The fraction of sp³-hybridized carbons (Fsp3) is 0.625. The molecule has 19 heavy (non-hydrogen) atoms. The van der Waals surface area contributed by atoms with Gasteiger partial charge in [-0.3, -0.25) is 0 Å². The predicted octanol–water partition coefficient (Wildman–Crippen LogP) is 3.00. The summed E-state index contributed by atoms with van der Waals surface area (Å²) < 4.78 is 5.49. The molecule has 3 nitrogen and oxygen atoms in total. The highest BCUT2D eigenvalue weighted by Crippen LogP contribution is 2.33. The molecule has 1 saturated carbocycles. The van der Waals surface area contributed by atoms with Gasteiger partial charge in [-0.05, 0) is 49.8 Å². The zero-order chi connectivity index (χ0) is 13.8. The highest BCUT2D eigenvalue weighted by atomic mass is 16.5. The van der Waals surface area contributed by atoms with E-state index in [2.05, 4.69) is 37.1 Å². The molecule has 1 fully saturated rings. The Hall–Kier alpha value is -1.22. The van der Waals surface area contributed by atoms with Crippen molar-refractivity contribution in [3.8, 4) is 5.75 Å². The van der Waals surface area contributed by atoms with E-state index in [0.29, 0.717) is 6.04 Å². The standard InChI is InChI=1S/C16H25NO2/c1-4-12-5-10-16(19-3)15(11-12)17(2)13-6-8-14(18)9-7-13/h5,10-11,13-14,18H,4,6-9H2,1-3H3. The zero-order valence-corrected chi connectivity index (χ0v) is 12.2. The van der Waals surface area contributed by atoms with E-state index >= 15 is 0 Å². The molecule has 3 heteroatoms. The first-order valence-corrected chi connectivity index (χ1v) is 7.23. The molecule has 0 saturated heterocycles. The second-order valence-corrected chi connectivity index (χ2v) is 5.43. The first kappa shape index (κ1) is 14.2. The van der Waals surface area contributed by atoms with Crippen LogP contribution in [0.15, 0.2) is 18.2 Å². The Morgan fingerprint density at radius 3 is 2.53 bits per heavy atom. The number of benzene rings is 1. The number of ether oxygens (including phenoxy) is 1. The maximum absolute atomic E-state index is 9.62. The summed E-state index contributed by atoms with van der Waals surface area (Å²) in [5.74, 6) is 0.936. The molecule has 0 atom stereocenters. The number of aryl methyl sites for hydroxylation is 1. The summed E-state index contributed by atoms with van der Waals surface area (Å²) in [6.45, 7) is 2.17. The molecule has 1 aliphatic carbocycles. The highest BCUT2D eigenvalue weighted by molar-refractivity contribution is 5.60. The van der Waals surface area contributed by atoms with Crippen LogP contribution in [0, 0.1) is 0 Å². The molecule has 0 spiro atoms. The van der Waals surface area contributed by atoms with E-state index in [-0.39, 0.29) is 6.10 Å². The van der Waals surface area contributed by atoms with Crippen molar-refractivity contribution in [2.24, 2.45) is 0 Å². The Balaban J connectivity index is 2.19. The van der Waals surface area contributed by atoms with E-state index < -0.39 is 0 Å². The third-order valence-corrected chi connectivity index (χ3v) is 4.25. The van der Waals surface area contributed by atoms with Gasteiger partial charge in [0.15, 0.2) is 0 Å². The average Bonchev–Trinajstić information content (AvgIpc) is 2.46. The van der Waals surface area contributed by atoms with E-state index in [9.17, 15) is 5.11 Å².